The molecule has 2 nitrogen and oxygen atoms in total. The molecule has 1 saturated heterocycles. The summed E-state index contributed by atoms with van der Waals surface area (Å²) in [7, 11) is 0. The number of hydrogen-bond donors (Lipinski definition) is 1. The van der Waals surface area contributed by atoms with Crippen LogP contribution >= 0.6 is 0 Å². The Morgan fingerprint density at radius 1 is 1.24 bits per heavy atom. The second-order valence-electron chi connectivity index (χ2n) is 8.04. The molecule has 1 saturated carbocycles. The highest BCUT2D eigenvalue weighted by Crippen LogP contribution is 2.41. The monoisotopic (exact) mass is 286 g/mol. The summed E-state index contributed by atoms with van der Waals surface area (Å²) in [5.41, 5.74) is 9.50. The zero-order valence-electron chi connectivity index (χ0n) is 13.8. The highest BCUT2D eigenvalue weighted by Gasteiger charge is 2.35. The number of likely N-dealkylation sites (tertiary alicyclic amines) is 1. The van der Waals surface area contributed by atoms with Crippen molar-refractivity contribution < 1.29 is 0 Å². The predicted molar refractivity (Wildman–Crippen MR) is 89.3 cm³/mol. The lowest BCUT2D eigenvalue weighted by Crippen LogP contribution is -2.33. The molecule has 1 aromatic rings. The smallest absolute Gasteiger partial charge is 0.0470 e. The molecule has 1 aliphatic heterocycles. The molecule has 2 fully saturated rings. The van der Waals surface area contributed by atoms with E-state index >= 15 is 0 Å². The number of nitrogens with two attached hydrogens (primary N) is 1. The fourth-order valence-corrected chi connectivity index (χ4v) is 3.71. The molecule has 21 heavy (non-hydrogen) atoms. The van der Waals surface area contributed by atoms with Crippen LogP contribution in [0.5, 0.6) is 0 Å². The molecule has 0 radical (unpaired) electrons. The van der Waals surface area contributed by atoms with Gasteiger partial charge in [0.15, 0.2) is 0 Å². The zero-order chi connectivity index (χ0) is 15.0. The van der Waals surface area contributed by atoms with E-state index in [9.17, 15) is 0 Å². The van der Waals surface area contributed by atoms with Gasteiger partial charge in [0.2, 0.25) is 0 Å². The van der Waals surface area contributed by atoms with Crippen LogP contribution in [0.15, 0.2) is 24.3 Å². The Kier molecular flexibility index (Phi) is 4.11. The van der Waals surface area contributed by atoms with Crippen molar-refractivity contribution in [1.82, 2.24) is 4.90 Å². The summed E-state index contributed by atoms with van der Waals surface area (Å²) < 4.78 is 0. The summed E-state index contributed by atoms with van der Waals surface area (Å²) >= 11 is 0. The van der Waals surface area contributed by atoms with E-state index in [4.69, 9.17) is 5.73 Å². The van der Waals surface area contributed by atoms with E-state index in [-0.39, 0.29) is 0 Å². The van der Waals surface area contributed by atoms with E-state index in [1.54, 1.807) is 0 Å². The summed E-state index contributed by atoms with van der Waals surface area (Å²) in [5, 5.41) is 0. The second-order valence-corrected chi connectivity index (χ2v) is 8.04. The third-order valence-electron chi connectivity index (χ3n) is 5.45. The van der Waals surface area contributed by atoms with Gasteiger partial charge in [0.25, 0.3) is 0 Å². The van der Waals surface area contributed by atoms with Crippen LogP contribution in [0.4, 0.5) is 0 Å². The van der Waals surface area contributed by atoms with Gasteiger partial charge in [-0.15, -0.1) is 0 Å². The van der Waals surface area contributed by atoms with Gasteiger partial charge in [-0.05, 0) is 54.2 Å². The first kappa shape index (κ1) is 15.1. The van der Waals surface area contributed by atoms with E-state index in [0.717, 1.165) is 18.4 Å². The van der Waals surface area contributed by atoms with E-state index < -0.39 is 0 Å². The van der Waals surface area contributed by atoms with Crippen molar-refractivity contribution in [3.05, 3.63) is 35.4 Å². The van der Waals surface area contributed by atoms with Crippen molar-refractivity contribution in [2.75, 3.05) is 19.6 Å². The van der Waals surface area contributed by atoms with Gasteiger partial charge in [0.05, 0.1) is 0 Å². The number of rotatable bonds is 4. The Hall–Kier alpha value is -0.860. The van der Waals surface area contributed by atoms with Gasteiger partial charge in [-0.1, -0.05) is 45.0 Å². The first-order valence-electron chi connectivity index (χ1n) is 8.53. The molecule has 2 N–H and O–H groups in total. The SMILES string of the molecule is CC(C)(C)C1CCN(C(CN)c2cccc(C3CC3)c2)C1. The maximum Gasteiger partial charge on any atom is 0.0470 e. The second kappa shape index (κ2) is 5.73. The molecule has 0 bridgehead atoms. The number of hydrogen-bond acceptors (Lipinski definition) is 2. The topological polar surface area (TPSA) is 29.3 Å². The standard InChI is InChI=1S/C19H30N2/c1-19(2,3)17-9-10-21(13-17)18(12-20)16-6-4-5-15(11-16)14-7-8-14/h4-6,11,14,17-18H,7-10,12-13,20H2,1-3H3. The molecular weight excluding hydrogens is 256 g/mol. The molecule has 1 aromatic carbocycles. The first-order valence-corrected chi connectivity index (χ1v) is 8.53. The van der Waals surface area contributed by atoms with Crippen LogP contribution < -0.4 is 5.73 Å². The average molecular weight is 286 g/mol. The normalized spacial score (nSPS) is 25.2. The van der Waals surface area contributed by atoms with Crippen LogP contribution in [0.3, 0.4) is 0 Å². The van der Waals surface area contributed by atoms with Crippen LogP contribution in [0.2, 0.25) is 0 Å². The van der Waals surface area contributed by atoms with Gasteiger partial charge in [-0.3, -0.25) is 4.90 Å². The summed E-state index contributed by atoms with van der Waals surface area (Å²) in [6.45, 7) is 10.2. The molecule has 2 atom stereocenters. The minimum Gasteiger partial charge on any atom is -0.329 e. The van der Waals surface area contributed by atoms with Crippen molar-refractivity contribution in [3.8, 4) is 0 Å². The molecular formula is C19H30N2. The van der Waals surface area contributed by atoms with Crippen LogP contribution in [0.25, 0.3) is 0 Å². The Morgan fingerprint density at radius 3 is 2.57 bits per heavy atom. The van der Waals surface area contributed by atoms with Crippen LogP contribution in [0, 0.1) is 11.3 Å². The highest BCUT2D eigenvalue weighted by molar-refractivity contribution is 5.31. The molecule has 2 aliphatic rings. The number of benzene rings is 1. The van der Waals surface area contributed by atoms with Gasteiger partial charge in [-0.25, -0.2) is 0 Å². The largest absolute Gasteiger partial charge is 0.329 e. The maximum atomic E-state index is 6.14. The molecule has 1 aliphatic carbocycles. The molecule has 3 rings (SSSR count). The van der Waals surface area contributed by atoms with Gasteiger partial charge < -0.3 is 5.73 Å². The van der Waals surface area contributed by atoms with Crippen molar-refractivity contribution >= 4 is 0 Å². The minimum absolute atomic E-state index is 0.399. The van der Waals surface area contributed by atoms with E-state index in [0.29, 0.717) is 11.5 Å². The van der Waals surface area contributed by atoms with E-state index in [1.807, 2.05) is 0 Å². The van der Waals surface area contributed by atoms with E-state index in [2.05, 4.69) is 49.9 Å². The van der Waals surface area contributed by atoms with Crippen molar-refractivity contribution in [2.24, 2.45) is 17.1 Å². The third kappa shape index (κ3) is 3.32. The number of nitrogens with zero attached hydrogens (tertiary/aromatic N) is 1. The zero-order valence-corrected chi connectivity index (χ0v) is 13.8. The summed E-state index contributed by atoms with van der Waals surface area (Å²) in [5.74, 6) is 1.61. The third-order valence-corrected chi connectivity index (χ3v) is 5.45. The molecule has 2 unspecified atom stereocenters. The highest BCUT2D eigenvalue weighted by atomic mass is 15.2. The summed E-state index contributed by atoms with van der Waals surface area (Å²) in [4.78, 5) is 2.61. The summed E-state index contributed by atoms with van der Waals surface area (Å²) in [6.07, 6.45) is 4.04. The molecule has 1 heterocycles. The molecule has 0 spiro atoms. The van der Waals surface area contributed by atoms with Gasteiger partial charge in [-0.2, -0.15) is 0 Å². The van der Waals surface area contributed by atoms with Gasteiger partial charge in [0.1, 0.15) is 0 Å². The lowest BCUT2D eigenvalue weighted by molar-refractivity contribution is 0.197. The Balaban J connectivity index is 1.75. The van der Waals surface area contributed by atoms with Crippen LogP contribution in [0.1, 0.15) is 63.1 Å². The summed E-state index contributed by atoms with van der Waals surface area (Å²) in [6, 6.07) is 9.60. The Morgan fingerprint density at radius 2 is 2.00 bits per heavy atom. The van der Waals surface area contributed by atoms with Crippen LogP contribution in [-0.2, 0) is 0 Å². The Labute approximate surface area is 129 Å². The van der Waals surface area contributed by atoms with Crippen molar-refractivity contribution in [3.63, 3.8) is 0 Å². The first-order chi connectivity index (χ1) is 9.99. The fourth-order valence-electron chi connectivity index (χ4n) is 3.71. The van der Waals surface area contributed by atoms with Crippen LogP contribution in [-0.4, -0.2) is 24.5 Å². The van der Waals surface area contributed by atoms with E-state index in [1.165, 1.54) is 43.5 Å². The van der Waals surface area contributed by atoms with Crippen molar-refractivity contribution in [2.45, 2.75) is 52.0 Å². The lowest BCUT2D eigenvalue weighted by atomic mass is 9.80. The fraction of sp³-hybridized carbons (Fsp3) is 0.684. The quantitative estimate of drug-likeness (QED) is 0.908. The molecule has 0 aromatic heterocycles. The van der Waals surface area contributed by atoms with Gasteiger partial charge >= 0.3 is 0 Å². The molecule has 0 amide bonds. The van der Waals surface area contributed by atoms with Gasteiger partial charge in [0, 0.05) is 19.1 Å². The average Bonchev–Trinajstić information content (AvgIpc) is 3.17. The molecule has 116 valence electrons. The molecule has 2 heteroatoms. The van der Waals surface area contributed by atoms with Crippen molar-refractivity contribution in [1.29, 1.82) is 0 Å². The minimum atomic E-state index is 0.399. The Bertz CT molecular complexity index is 485. The maximum absolute atomic E-state index is 6.14. The lowest BCUT2D eigenvalue weighted by Gasteiger charge is -2.30. The predicted octanol–water partition coefficient (Wildman–Crippen LogP) is 3.93.